The standard InChI is InChI=1S/C23H22N2O3/c1-3-28-21-14-16(10-13-20(21)26)22-23(27)25(17-11-8-15(2)9-12-17)19-7-5-4-6-18(19)24-22/h4-14,22,24,26H,3H2,1-2H3. The summed E-state index contributed by atoms with van der Waals surface area (Å²) in [5.41, 5.74) is 4.38. The fourth-order valence-corrected chi connectivity index (χ4v) is 3.42. The van der Waals surface area contributed by atoms with Crippen LogP contribution in [0, 0.1) is 6.92 Å². The molecule has 0 spiro atoms. The quantitative estimate of drug-likeness (QED) is 0.680. The van der Waals surface area contributed by atoms with Crippen molar-refractivity contribution >= 4 is 23.0 Å². The fourth-order valence-electron chi connectivity index (χ4n) is 3.42. The first-order valence-corrected chi connectivity index (χ1v) is 9.30. The van der Waals surface area contributed by atoms with Gasteiger partial charge in [0.1, 0.15) is 6.04 Å². The van der Waals surface area contributed by atoms with Gasteiger partial charge in [-0.1, -0.05) is 35.9 Å². The molecule has 0 bridgehead atoms. The van der Waals surface area contributed by atoms with Crippen molar-refractivity contribution in [2.75, 3.05) is 16.8 Å². The molecule has 0 aromatic heterocycles. The monoisotopic (exact) mass is 374 g/mol. The van der Waals surface area contributed by atoms with Crippen LogP contribution in [-0.2, 0) is 4.79 Å². The summed E-state index contributed by atoms with van der Waals surface area (Å²) in [6.45, 7) is 4.30. The Bertz CT molecular complexity index is 1010. The van der Waals surface area contributed by atoms with E-state index in [1.807, 2.05) is 62.4 Å². The summed E-state index contributed by atoms with van der Waals surface area (Å²) in [4.78, 5) is 15.2. The van der Waals surface area contributed by atoms with Gasteiger partial charge in [-0.2, -0.15) is 0 Å². The van der Waals surface area contributed by atoms with E-state index >= 15 is 0 Å². The van der Waals surface area contributed by atoms with Crippen LogP contribution in [0.15, 0.2) is 66.7 Å². The van der Waals surface area contributed by atoms with Crippen molar-refractivity contribution in [1.29, 1.82) is 0 Å². The number of fused-ring (bicyclic) bond motifs is 1. The Hall–Kier alpha value is -3.47. The lowest BCUT2D eigenvalue weighted by molar-refractivity contribution is -0.118. The fraction of sp³-hybridized carbons (Fsp3) is 0.174. The molecule has 1 aliphatic heterocycles. The van der Waals surface area contributed by atoms with E-state index in [9.17, 15) is 9.90 Å². The van der Waals surface area contributed by atoms with Gasteiger partial charge in [0.25, 0.3) is 5.91 Å². The van der Waals surface area contributed by atoms with Crippen LogP contribution in [0.25, 0.3) is 0 Å². The lowest BCUT2D eigenvalue weighted by Gasteiger charge is -2.35. The zero-order valence-electron chi connectivity index (χ0n) is 15.8. The number of amides is 1. The third-order valence-electron chi connectivity index (χ3n) is 4.82. The lowest BCUT2D eigenvalue weighted by Crippen LogP contribution is -2.39. The molecule has 28 heavy (non-hydrogen) atoms. The van der Waals surface area contributed by atoms with Crippen LogP contribution in [0.4, 0.5) is 17.1 Å². The highest BCUT2D eigenvalue weighted by Gasteiger charge is 2.34. The van der Waals surface area contributed by atoms with E-state index in [4.69, 9.17) is 4.74 Å². The number of hydrogen-bond donors (Lipinski definition) is 2. The zero-order valence-corrected chi connectivity index (χ0v) is 15.8. The van der Waals surface area contributed by atoms with E-state index in [1.165, 1.54) is 0 Å². The van der Waals surface area contributed by atoms with Crippen LogP contribution in [0.1, 0.15) is 24.1 Å². The second-order valence-corrected chi connectivity index (χ2v) is 6.76. The maximum atomic E-state index is 13.5. The summed E-state index contributed by atoms with van der Waals surface area (Å²) in [5, 5.41) is 13.3. The molecule has 4 rings (SSSR count). The Balaban J connectivity index is 1.80. The predicted molar refractivity (Wildman–Crippen MR) is 110 cm³/mol. The summed E-state index contributed by atoms with van der Waals surface area (Å²) in [6.07, 6.45) is 0. The maximum Gasteiger partial charge on any atom is 0.258 e. The molecule has 0 saturated heterocycles. The smallest absolute Gasteiger partial charge is 0.258 e. The van der Waals surface area contributed by atoms with E-state index < -0.39 is 6.04 Å². The highest BCUT2D eigenvalue weighted by molar-refractivity contribution is 6.10. The van der Waals surface area contributed by atoms with Crippen LogP contribution in [0.5, 0.6) is 11.5 Å². The summed E-state index contributed by atoms with van der Waals surface area (Å²) in [6, 6.07) is 20.1. The molecule has 3 aromatic rings. The Morgan fingerprint density at radius 2 is 1.82 bits per heavy atom. The van der Waals surface area contributed by atoms with E-state index in [-0.39, 0.29) is 11.7 Å². The van der Waals surface area contributed by atoms with Gasteiger partial charge in [-0.3, -0.25) is 9.69 Å². The minimum Gasteiger partial charge on any atom is -0.504 e. The molecule has 1 unspecified atom stereocenters. The lowest BCUT2D eigenvalue weighted by atomic mass is 10.00. The number of carbonyl (C=O) groups is 1. The second-order valence-electron chi connectivity index (χ2n) is 6.76. The van der Waals surface area contributed by atoms with E-state index in [0.717, 1.165) is 28.2 Å². The SMILES string of the molecule is CCOc1cc(C2Nc3ccccc3N(c3ccc(C)cc3)C2=O)ccc1O. The molecule has 5 nitrogen and oxygen atoms in total. The summed E-state index contributed by atoms with van der Waals surface area (Å²) >= 11 is 0. The molecule has 0 saturated carbocycles. The molecule has 3 aromatic carbocycles. The molecule has 0 aliphatic carbocycles. The topological polar surface area (TPSA) is 61.8 Å². The van der Waals surface area contributed by atoms with Gasteiger partial charge < -0.3 is 15.2 Å². The maximum absolute atomic E-state index is 13.5. The van der Waals surface area contributed by atoms with Gasteiger partial charge in [0, 0.05) is 5.69 Å². The van der Waals surface area contributed by atoms with Crippen molar-refractivity contribution < 1.29 is 14.6 Å². The van der Waals surface area contributed by atoms with Crippen LogP contribution in [0.2, 0.25) is 0 Å². The van der Waals surface area contributed by atoms with Gasteiger partial charge in [0.2, 0.25) is 0 Å². The van der Waals surface area contributed by atoms with Gasteiger partial charge in [0.05, 0.1) is 18.0 Å². The highest BCUT2D eigenvalue weighted by Crippen LogP contribution is 2.42. The van der Waals surface area contributed by atoms with E-state index in [0.29, 0.717) is 12.4 Å². The van der Waals surface area contributed by atoms with E-state index in [2.05, 4.69) is 5.32 Å². The Morgan fingerprint density at radius 1 is 1.07 bits per heavy atom. The molecule has 5 heteroatoms. The summed E-state index contributed by atoms with van der Waals surface area (Å²) in [7, 11) is 0. The number of ether oxygens (including phenoxy) is 1. The normalized spacial score (nSPS) is 15.7. The number of benzene rings is 3. The number of aryl methyl sites for hydroxylation is 1. The molecule has 1 amide bonds. The number of carbonyl (C=O) groups excluding carboxylic acids is 1. The van der Waals surface area contributed by atoms with Crippen LogP contribution < -0.4 is 15.0 Å². The first kappa shape index (κ1) is 17.9. The molecule has 0 fully saturated rings. The van der Waals surface area contributed by atoms with Crippen molar-refractivity contribution in [1.82, 2.24) is 0 Å². The number of para-hydroxylation sites is 2. The van der Waals surface area contributed by atoms with Crippen molar-refractivity contribution in [3.63, 3.8) is 0 Å². The second kappa shape index (κ2) is 7.27. The average Bonchev–Trinajstić information content (AvgIpc) is 2.70. The van der Waals surface area contributed by atoms with Crippen molar-refractivity contribution in [2.45, 2.75) is 19.9 Å². The van der Waals surface area contributed by atoms with Gasteiger partial charge in [-0.15, -0.1) is 0 Å². The number of nitrogens with zero attached hydrogens (tertiary/aromatic N) is 1. The number of hydrogen-bond acceptors (Lipinski definition) is 4. The van der Waals surface area contributed by atoms with Gasteiger partial charge in [-0.25, -0.2) is 0 Å². The minimum absolute atomic E-state index is 0.0599. The minimum atomic E-state index is -0.587. The van der Waals surface area contributed by atoms with Crippen LogP contribution in [0.3, 0.4) is 0 Å². The number of aromatic hydroxyl groups is 1. The van der Waals surface area contributed by atoms with Gasteiger partial charge in [-0.05, 0) is 55.8 Å². The molecule has 1 aliphatic rings. The van der Waals surface area contributed by atoms with Crippen molar-refractivity contribution in [3.8, 4) is 11.5 Å². The number of anilines is 3. The van der Waals surface area contributed by atoms with Crippen LogP contribution in [-0.4, -0.2) is 17.6 Å². The van der Waals surface area contributed by atoms with Crippen molar-refractivity contribution in [2.24, 2.45) is 0 Å². The van der Waals surface area contributed by atoms with Crippen LogP contribution >= 0.6 is 0 Å². The molecule has 142 valence electrons. The average molecular weight is 374 g/mol. The summed E-state index contributed by atoms with van der Waals surface area (Å²) < 4.78 is 5.49. The number of phenols is 1. The highest BCUT2D eigenvalue weighted by atomic mass is 16.5. The first-order chi connectivity index (χ1) is 13.6. The largest absolute Gasteiger partial charge is 0.504 e. The number of nitrogens with one attached hydrogen (secondary N) is 1. The third kappa shape index (κ3) is 3.16. The summed E-state index contributed by atoms with van der Waals surface area (Å²) in [5.74, 6) is 0.343. The molecular weight excluding hydrogens is 352 g/mol. The van der Waals surface area contributed by atoms with Gasteiger partial charge >= 0.3 is 0 Å². The molecular formula is C23H22N2O3. The number of phenolic OH excluding ortho intramolecular Hbond substituents is 1. The third-order valence-corrected chi connectivity index (χ3v) is 4.82. The Labute approximate surface area is 164 Å². The van der Waals surface area contributed by atoms with Crippen molar-refractivity contribution in [3.05, 3.63) is 77.9 Å². The van der Waals surface area contributed by atoms with Gasteiger partial charge in [0.15, 0.2) is 11.5 Å². The predicted octanol–water partition coefficient (Wildman–Crippen LogP) is 4.93. The Kier molecular flexibility index (Phi) is 4.65. The first-order valence-electron chi connectivity index (χ1n) is 9.30. The molecule has 2 N–H and O–H groups in total. The molecule has 1 heterocycles. The zero-order chi connectivity index (χ0) is 19.7. The van der Waals surface area contributed by atoms with E-state index in [1.54, 1.807) is 23.1 Å². The number of rotatable bonds is 4. The Morgan fingerprint density at radius 3 is 2.57 bits per heavy atom. The molecule has 0 radical (unpaired) electrons. The molecule has 1 atom stereocenters.